The van der Waals surface area contributed by atoms with Crippen LogP contribution in [0.4, 0.5) is 11.4 Å². The number of carbonyl (C=O) groups excluding carboxylic acids is 2. The average molecular weight is 476 g/mol. The molecule has 8 heteroatoms. The third-order valence-electron chi connectivity index (χ3n) is 5.39. The summed E-state index contributed by atoms with van der Waals surface area (Å²) < 4.78 is 16.8. The Bertz CT molecular complexity index is 1100. The molecule has 0 unspecified atom stereocenters. The molecule has 3 aromatic carbocycles. The average Bonchev–Trinajstić information content (AvgIpc) is 2.91. The van der Waals surface area contributed by atoms with Crippen molar-refractivity contribution >= 4 is 23.2 Å². The number of nitrogens with one attached hydrogen (secondary N) is 2. The van der Waals surface area contributed by atoms with Gasteiger partial charge in [-0.25, -0.2) is 0 Å². The molecular weight excluding hydrogens is 446 g/mol. The lowest BCUT2D eigenvalue weighted by Gasteiger charge is -2.26. The Balaban J connectivity index is 1.23. The van der Waals surface area contributed by atoms with Crippen LogP contribution in [0.25, 0.3) is 0 Å². The molecule has 35 heavy (non-hydrogen) atoms. The van der Waals surface area contributed by atoms with Crippen molar-refractivity contribution in [2.24, 2.45) is 0 Å². The minimum absolute atomic E-state index is 0.0291. The number of hydrogen-bond donors (Lipinski definition) is 2. The number of nitrogens with zero attached hydrogens (tertiary/aromatic N) is 1. The van der Waals surface area contributed by atoms with E-state index in [1.54, 1.807) is 29.2 Å². The molecule has 3 aromatic rings. The fraction of sp³-hybridized carbons (Fsp3) is 0.259. The first kappa shape index (κ1) is 24.1. The van der Waals surface area contributed by atoms with Crippen molar-refractivity contribution in [1.29, 1.82) is 0 Å². The van der Waals surface area contributed by atoms with E-state index in [4.69, 9.17) is 14.2 Å². The molecule has 1 aliphatic heterocycles. The summed E-state index contributed by atoms with van der Waals surface area (Å²) in [7, 11) is 0. The van der Waals surface area contributed by atoms with Gasteiger partial charge in [-0.3, -0.25) is 9.59 Å². The second-order valence-corrected chi connectivity index (χ2v) is 7.89. The summed E-state index contributed by atoms with van der Waals surface area (Å²) in [6, 6.07) is 23.9. The first-order valence-electron chi connectivity index (χ1n) is 11.6. The highest BCUT2D eigenvalue weighted by Gasteiger charge is 2.18. The second-order valence-electron chi connectivity index (χ2n) is 7.89. The van der Waals surface area contributed by atoms with Crippen molar-refractivity contribution in [2.75, 3.05) is 56.7 Å². The maximum Gasteiger partial charge on any atom is 0.254 e. The highest BCUT2D eigenvalue weighted by Crippen LogP contribution is 2.23. The van der Waals surface area contributed by atoms with Crippen LogP contribution < -0.4 is 20.1 Å². The van der Waals surface area contributed by atoms with Crippen molar-refractivity contribution in [3.05, 3.63) is 84.4 Å². The number of carbonyl (C=O) groups is 2. The van der Waals surface area contributed by atoms with Crippen LogP contribution in [-0.2, 0) is 9.53 Å². The van der Waals surface area contributed by atoms with Gasteiger partial charge in [-0.1, -0.05) is 30.3 Å². The summed E-state index contributed by atoms with van der Waals surface area (Å²) in [4.78, 5) is 26.8. The third kappa shape index (κ3) is 7.22. The Morgan fingerprint density at radius 3 is 2.29 bits per heavy atom. The summed E-state index contributed by atoms with van der Waals surface area (Å²) in [6.45, 7) is 3.14. The number of hydrogen-bond acceptors (Lipinski definition) is 6. The molecule has 0 spiro atoms. The van der Waals surface area contributed by atoms with Crippen LogP contribution in [-0.4, -0.2) is 62.8 Å². The van der Waals surface area contributed by atoms with E-state index in [9.17, 15) is 9.59 Å². The summed E-state index contributed by atoms with van der Waals surface area (Å²) in [5.74, 6) is 1.19. The molecule has 0 aromatic heterocycles. The highest BCUT2D eigenvalue weighted by atomic mass is 16.5. The Kier molecular flexibility index (Phi) is 8.56. The number of anilines is 2. The molecule has 1 fully saturated rings. The van der Waals surface area contributed by atoms with Gasteiger partial charge < -0.3 is 29.7 Å². The summed E-state index contributed by atoms with van der Waals surface area (Å²) in [6.07, 6.45) is 0. The first-order chi connectivity index (χ1) is 17.2. The van der Waals surface area contributed by atoms with Gasteiger partial charge in [0, 0.05) is 24.3 Å². The maximum atomic E-state index is 12.5. The summed E-state index contributed by atoms with van der Waals surface area (Å²) in [5.41, 5.74) is 1.93. The minimum atomic E-state index is -0.209. The van der Waals surface area contributed by atoms with E-state index in [-0.39, 0.29) is 18.4 Å². The third-order valence-corrected chi connectivity index (χ3v) is 5.39. The van der Waals surface area contributed by atoms with Gasteiger partial charge in [0.05, 0.1) is 25.4 Å². The molecule has 0 saturated carbocycles. The second kappa shape index (κ2) is 12.4. The monoisotopic (exact) mass is 475 g/mol. The van der Waals surface area contributed by atoms with Crippen molar-refractivity contribution in [2.45, 2.75) is 0 Å². The van der Waals surface area contributed by atoms with E-state index in [0.717, 1.165) is 5.75 Å². The van der Waals surface area contributed by atoms with E-state index < -0.39 is 0 Å². The Morgan fingerprint density at radius 2 is 1.51 bits per heavy atom. The van der Waals surface area contributed by atoms with Crippen LogP contribution in [0.3, 0.4) is 0 Å². The molecule has 2 N–H and O–H groups in total. The standard InChI is InChI=1S/C27H29N3O5/c31-26(29-22-12-10-21(11-13-22)27(32)30-14-16-33-17-15-30)20-28-24-8-4-5-9-25(24)35-19-18-34-23-6-2-1-3-7-23/h1-13,28H,14-20H2,(H,29,31). The lowest BCUT2D eigenvalue weighted by Crippen LogP contribution is -2.40. The minimum Gasteiger partial charge on any atom is -0.490 e. The highest BCUT2D eigenvalue weighted by molar-refractivity contribution is 5.96. The fourth-order valence-electron chi connectivity index (χ4n) is 3.59. The van der Waals surface area contributed by atoms with Crippen LogP contribution >= 0.6 is 0 Å². The molecule has 8 nitrogen and oxygen atoms in total. The largest absolute Gasteiger partial charge is 0.490 e. The molecule has 0 aliphatic carbocycles. The van der Waals surface area contributed by atoms with Crippen molar-refractivity contribution < 1.29 is 23.8 Å². The van der Waals surface area contributed by atoms with E-state index in [1.165, 1.54) is 0 Å². The van der Waals surface area contributed by atoms with Crippen LogP contribution in [0, 0.1) is 0 Å². The van der Waals surface area contributed by atoms with E-state index in [0.29, 0.717) is 62.2 Å². The number of rotatable bonds is 10. The van der Waals surface area contributed by atoms with E-state index in [1.807, 2.05) is 54.6 Å². The Hall–Kier alpha value is -4.04. The molecule has 1 saturated heterocycles. The zero-order chi connectivity index (χ0) is 24.3. The van der Waals surface area contributed by atoms with E-state index >= 15 is 0 Å². The van der Waals surface area contributed by atoms with Crippen LogP contribution in [0.2, 0.25) is 0 Å². The SMILES string of the molecule is O=C(CNc1ccccc1OCCOc1ccccc1)Nc1ccc(C(=O)N2CCOCC2)cc1. The van der Waals surface area contributed by atoms with Gasteiger partial charge in [0.1, 0.15) is 24.7 Å². The zero-order valence-corrected chi connectivity index (χ0v) is 19.4. The van der Waals surface area contributed by atoms with Crippen LogP contribution in [0.15, 0.2) is 78.9 Å². The molecule has 0 bridgehead atoms. The van der Waals surface area contributed by atoms with Crippen molar-refractivity contribution in [1.82, 2.24) is 4.90 Å². The van der Waals surface area contributed by atoms with Gasteiger partial charge in [0.2, 0.25) is 5.91 Å². The Labute approximate surface area is 204 Å². The van der Waals surface area contributed by atoms with Gasteiger partial charge in [0.25, 0.3) is 5.91 Å². The molecular formula is C27H29N3O5. The molecule has 2 amide bonds. The number of morpholine rings is 1. The van der Waals surface area contributed by atoms with Gasteiger partial charge in [-0.15, -0.1) is 0 Å². The molecule has 4 rings (SSSR count). The quantitative estimate of drug-likeness (QED) is 0.435. The van der Waals surface area contributed by atoms with Gasteiger partial charge in [0.15, 0.2) is 0 Å². The molecule has 182 valence electrons. The molecule has 1 aliphatic rings. The molecule has 0 radical (unpaired) electrons. The first-order valence-corrected chi connectivity index (χ1v) is 11.6. The number of ether oxygens (including phenoxy) is 3. The van der Waals surface area contributed by atoms with Gasteiger partial charge in [-0.05, 0) is 48.5 Å². The van der Waals surface area contributed by atoms with Crippen LogP contribution in [0.1, 0.15) is 10.4 Å². The number of amides is 2. The number of benzene rings is 3. The number of para-hydroxylation sites is 3. The van der Waals surface area contributed by atoms with Crippen LogP contribution in [0.5, 0.6) is 11.5 Å². The van der Waals surface area contributed by atoms with Gasteiger partial charge >= 0.3 is 0 Å². The lowest BCUT2D eigenvalue weighted by molar-refractivity contribution is -0.114. The van der Waals surface area contributed by atoms with E-state index in [2.05, 4.69) is 10.6 Å². The summed E-state index contributed by atoms with van der Waals surface area (Å²) in [5, 5.41) is 5.95. The smallest absolute Gasteiger partial charge is 0.254 e. The Morgan fingerprint density at radius 1 is 0.829 bits per heavy atom. The zero-order valence-electron chi connectivity index (χ0n) is 19.4. The predicted octanol–water partition coefficient (Wildman–Crippen LogP) is 3.67. The normalized spacial score (nSPS) is 13.1. The lowest BCUT2D eigenvalue weighted by atomic mass is 10.1. The predicted molar refractivity (Wildman–Crippen MR) is 134 cm³/mol. The van der Waals surface area contributed by atoms with Gasteiger partial charge in [-0.2, -0.15) is 0 Å². The molecule has 1 heterocycles. The topological polar surface area (TPSA) is 89.1 Å². The molecule has 0 atom stereocenters. The fourth-order valence-corrected chi connectivity index (χ4v) is 3.59. The van der Waals surface area contributed by atoms with Crippen molar-refractivity contribution in [3.8, 4) is 11.5 Å². The summed E-state index contributed by atoms with van der Waals surface area (Å²) >= 11 is 0. The maximum absolute atomic E-state index is 12.5. The van der Waals surface area contributed by atoms with Crippen molar-refractivity contribution in [3.63, 3.8) is 0 Å².